The number of allylic oxidation sites excluding steroid dienone is 4. The van der Waals surface area contributed by atoms with Gasteiger partial charge >= 0.3 is 6.09 Å². The summed E-state index contributed by atoms with van der Waals surface area (Å²) in [6, 6.07) is 8.69. The Balaban J connectivity index is 2.23. The topological polar surface area (TPSA) is 166 Å². The smallest absolute Gasteiger partial charge is 0.405 e. The predicted octanol–water partition coefficient (Wildman–Crippen LogP) is 4.07. The van der Waals surface area contributed by atoms with Crippen molar-refractivity contribution in [3.63, 3.8) is 0 Å². The fourth-order valence-electron chi connectivity index (χ4n) is 5.90. The van der Waals surface area contributed by atoms with Gasteiger partial charge < -0.3 is 35.7 Å². The molecule has 258 valence electrons. The minimum atomic E-state index is -1.01. The Morgan fingerprint density at radius 3 is 2.40 bits per heavy atom. The molecule has 48 heavy (non-hydrogen) atoms. The number of aliphatic hydroxyl groups excluding tert-OH is 1. The number of nitrogens with two attached hydrogens (primary N) is 1. The first kappa shape index (κ1) is 37.9. The van der Waals surface area contributed by atoms with Gasteiger partial charge in [-0.25, -0.2) is 4.79 Å². The van der Waals surface area contributed by atoms with E-state index in [0.717, 1.165) is 0 Å². The van der Waals surface area contributed by atoms with Crippen molar-refractivity contribution >= 4 is 29.1 Å². The van der Waals surface area contributed by atoms with Gasteiger partial charge in [0.2, 0.25) is 11.6 Å². The molecule has 0 unspecified atom stereocenters. The third kappa shape index (κ3) is 9.27. The molecule has 1 aliphatic carbocycles. The number of ether oxygens (including phenoxy) is 3. The molecule has 1 aliphatic heterocycles. The first-order valence-electron chi connectivity index (χ1n) is 15.9. The number of fused-ring (bicyclic) bond motifs is 2. The molecule has 2 amide bonds. The molecule has 3 rings (SSSR count). The SMILES string of the molecule is C=CCNC1=C2C[C@@H](C)C[C@H](OC)[C@H](O)[C@@H](C)/C=C(/C)[C@H](OC(N)=O)[C@@H](OC)/C=C\C=C(\C)C(=O)NC(=C(c3ccccc3)C1=O)C2=O. The zero-order chi connectivity index (χ0) is 35.5. The molecule has 5 N–H and O–H groups in total. The zero-order valence-corrected chi connectivity index (χ0v) is 28.4. The number of hydrogen-bond acceptors (Lipinski definition) is 9. The number of Topliss-reactive ketones (excluding diaryl/α,β-unsaturated/α-hetero) is 2. The number of rotatable bonds is 7. The second kappa shape index (κ2) is 17.5. The Morgan fingerprint density at radius 2 is 1.79 bits per heavy atom. The Morgan fingerprint density at radius 1 is 1.10 bits per heavy atom. The molecule has 0 aromatic heterocycles. The number of aliphatic hydroxyl groups is 1. The molecule has 0 saturated carbocycles. The van der Waals surface area contributed by atoms with E-state index in [0.29, 0.717) is 17.6 Å². The van der Waals surface area contributed by atoms with Crippen LogP contribution in [0.2, 0.25) is 0 Å². The van der Waals surface area contributed by atoms with E-state index < -0.39 is 53.9 Å². The predicted molar refractivity (Wildman–Crippen MR) is 183 cm³/mol. The average molecular weight is 662 g/mol. The van der Waals surface area contributed by atoms with Crippen molar-refractivity contribution in [1.82, 2.24) is 10.6 Å². The van der Waals surface area contributed by atoms with Gasteiger partial charge in [-0.1, -0.05) is 74.6 Å². The summed E-state index contributed by atoms with van der Waals surface area (Å²) in [5.41, 5.74) is 6.97. The van der Waals surface area contributed by atoms with E-state index in [1.165, 1.54) is 20.3 Å². The summed E-state index contributed by atoms with van der Waals surface area (Å²) < 4.78 is 16.8. The molecule has 11 heteroatoms. The van der Waals surface area contributed by atoms with Crippen LogP contribution in [0.1, 0.15) is 46.1 Å². The van der Waals surface area contributed by atoms with E-state index in [4.69, 9.17) is 19.9 Å². The summed E-state index contributed by atoms with van der Waals surface area (Å²) in [5, 5.41) is 17.2. The van der Waals surface area contributed by atoms with Gasteiger partial charge in [0.1, 0.15) is 11.8 Å². The van der Waals surface area contributed by atoms with Crippen LogP contribution in [0.5, 0.6) is 0 Å². The first-order valence-corrected chi connectivity index (χ1v) is 15.9. The number of nitrogens with one attached hydrogen (secondary N) is 2. The normalized spacial score (nSPS) is 29.3. The van der Waals surface area contributed by atoms with Gasteiger partial charge in [0.25, 0.3) is 5.91 Å². The highest BCUT2D eigenvalue weighted by molar-refractivity contribution is 6.39. The summed E-state index contributed by atoms with van der Waals surface area (Å²) >= 11 is 0. The van der Waals surface area contributed by atoms with Crippen LogP contribution in [0.4, 0.5) is 4.79 Å². The lowest BCUT2D eigenvalue weighted by molar-refractivity contribution is -0.120. The molecule has 1 aromatic carbocycles. The summed E-state index contributed by atoms with van der Waals surface area (Å²) in [7, 11) is 2.93. The third-order valence-corrected chi connectivity index (χ3v) is 8.43. The molecule has 1 heterocycles. The van der Waals surface area contributed by atoms with E-state index >= 15 is 0 Å². The molecule has 0 radical (unpaired) electrons. The van der Waals surface area contributed by atoms with E-state index in [9.17, 15) is 24.3 Å². The van der Waals surface area contributed by atoms with Gasteiger partial charge in [-0.05, 0) is 43.7 Å². The standard InChI is InChI=1S/C37H47N3O8/c1-8-17-39-30-26-18-21(2)19-28(47-7)32(41)23(4)20-24(5)35(48-37(38)45)27(46-6)16-12-13-22(3)36(44)40-31(33(26)42)29(34(30)43)25-14-10-9-11-15-25/h8-16,20-21,23,27-28,32,35,39,41H,1,17-19H2,2-7H3,(H2,38,45)(H,40,44)/b16-12-,22-13-,24-20-/t21-,23+,27+,28+,32-,35+/m1/s1. The number of ketones is 2. The number of carbonyl (C=O) groups is 4. The van der Waals surface area contributed by atoms with Crippen LogP contribution >= 0.6 is 0 Å². The molecule has 0 fully saturated rings. The molecule has 0 spiro atoms. The number of hydrogen-bond donors (Lipinski definition) is 4. The minimum Gasteiger partial charge on any atom is -0.439 e. The highest BCUT2D eigenvalue weighted by atomic mass is 16.6. The van der Waals surface area contributed by atoms with Gasteiger partial charge in [0, 0.05) is 37.8 Å². The molecule has 2 bridgehead atoms. The Hall–Kier alpha value is -4.58. The summed E-state index contributed by atoms with van der Waals surface area (Å²) in [6.45, 7) is 11.0. The van der Waals surface area contributed by atoms with Gasteiger partial charge in [-0.15, -0.1) is 6.58 Å². The van der Waals surface area contributed by atoms with E-state index in [1.807, 2.05) is 6.92 Å². The van der Waals surface area contributed by atoms with Crippen LogP contribution in [0, 0.1) is 11.8 Å². The summed E-state index contributed by atoms with van der Waals surface area (Å²) in [5.74, 6) is -2.23. The number of benzene rings is 1. The number of methoxy groups -OCH3 is 2. The monoisotopic (exact) mass is 661 g/mol. The van der Waals surface area contributed by atoms with Gasteiger partial charge in [-0.2, -0.15) is 0 Å². The van der Waals surface area contributed by atoms with Crippen molar-refractivity contribution in [2.75, 3.05) is 20.8 Å². The van der Waals surface area contributed by atoms with E-state index in [1.54, 1.807) is 75.4 Å². The number of carbonyl (C=O) groups excluding carboxylic acids is 4. The quantitative estimate of drug-likeness (QED) is 0.249. The maximum atomic E-state index is 14.3. The highest BCUT2D eigenvalue weighted by Gasteiger charge is 2.37. The average Bonchev–Trinajstić information content (AvgIpc) is 3.06. The van der Waals surface area contributed by atoms with Crippen molar-refractivity contribution in [3.05, 3.63) is 101 Å². The molecular weight excluding hydrogens is 614 g/mol. The maximum absolute atomic E-state index is 14.3. The fraction of sp³-hybridized carbons (Fsp3) is 0.405. The third-order valence-electron chi connectivity index (χ3n) is 8.43. The maximum Gasteiger partial charge on any atom is 0.405 e. The fourth-order valence-corrected chi connectivity index (χ4v) is 5.90. The molecule has 11 nitrogen and oxygen atoms in total. The Labute approximate surface area is 282 Å². The Bertz CT molecular complexity index is 1540. The molecule has 2 aliphatic rings. The van der Waals surface area contributed by atoms with Crippen molar-refractivity contribution < 1.29 is 38.5 Å². The highest BCUT2D eigenvalue weighted by Crippen LogP contribution is 2.34. The molecule has 6 atom stereocenters. The van der Waals surface area contributed by atoms with Gasteiger partial charge in [-0.3, -0.25) is 14.4 Å². The van der Waals surface area contributed by atoms with Crippen molar-refractivity contribution in [2.45, 2.75) is 65.0 Å². The van der Waals surface area contributed by atoms with Crippen molar-refractivity contribution in [3.8, 4) is 0 Å². The lowest BCUT2D eigenvalue weighted by Crippen LogP contribution is -2.39. The second-order valence-electron chi connectivity index (χ2n) is 12.1. The minimum absolute atomic E-state index is 0.0672. The van der Waals surface area contributed by atoms with Crippen LogP contribution < -0.4 is 16.4 Å². The second-order valence-corrected chi connectivity index (χ2v) is 12.1. The molecular formula is C37H47N3O8. The van der Waals surface area contributed by atoms with Crippen LogP contribution in [-0.2, 0) is 28.6 Å². The summed E-state index contributed by atoms with van der Waals surface area (Å²) in [4.78, 5) is 53.9. The van der Waals surface area contributed by atoms with Crippen LogP contribution in [-0.4, -0.2) is 73.9 Å². The van der Waals surface area contributed by atoms with Gasteiger partial charge in [0.15, 0.2) is 6.10 Å². The van der Waals surface area contributed by atoms with Crippen LogP contribution in [0.3, 0.4) is 0 Å². The van der Waals surface area contributed by atoms with Crippen molar-refractivity contribution in [1.29, 1.82) is 0 Å². The van der Waals surface area contributed by atoms with Crippen LogP contribution in [0.15, 0.2) is 95.4 Å². The number of amides is 2. The lowest BCUT2D eigenvalue weighted by Gasteiger charge is -2.30. The summed E-state index contributed by atoms with van der Waals surface area (Å²) in [6.07, 6.45) is 4.13. The van der Waals surface area contributed by atoms with Crippen molar-refractivity contribution in [2.24, 2.45) is 17.6 Å². The van der Waals surface area contributed by atoms with Gasteiger partial charge in [0.05, 0.1) is 23.5 Å². The lowest BCUT2D eigenvalue weighted by atomic mass is 9.81. The molecule has 0 saturated heterocycles. The Kier molecular flexibility index (Phi) is 13.8. The van der Waals surface area contributed by atoms with E-state index in [2.05, 4.69) is 17.2 Å². The first-order chi connectivity index (χ1) is 22.8. The van der Waals surface area contributed by atoms with E-state index in [-0.39, 0.29) is 47.0 Å². The largest absolute Gasteiger partial charge is 0.439 e. The number of primary amides is 1. The molecule has 1 aromatic rings. The van der Waals surface area contributed by atoms with Crippen LogP contribution in [0.25, 0.3) is 5.57 Å². The zero-order valence-electron chi connectivity index (χ0n) is 28.4.